The van der Waals surface area contributed by atoms with E-state index >= 15 is 0 Å². The summed E-state index contributed by atoms with van der Waals surface area (Å²) in [5, 5.41) is 14.0. The zero-order valence-corrected chi connectivity index (χ0v) is 18.6. The number of benzene rings is 3. The van der Waals surface area contributed by atoms with Gasteiger partial charge in [0.05, 0.1) is 32.7 Å². The van der Waals surface area contributed by atoms with Crippen LogP contribution < -0.4 is 10.1 Å². The summed E-state index contributed by atoms with van der Waals surface area (Å²) in [4.78, 5) is 26.4. The lowest BCUT2D eigenvalue weighted by Gasteiger charge is -2.11. The highest BCUT2D eigenvalue weighted by Crippen LogP contribution is 2.32. The quantitative estimate of drug-likeness (QED) is 0.178. The highest BCUT2D eigenvalue weighted by Gasteiger charge is 2.16. The van der Waals surface area contributed by atoms with Crippen LogP contribution in [0.15, 0.2) is 65.7 Å². The fourth-order valence-electron chi connectivity index (χ4n) is 2.57. The van der Waals surface area contributed by atoms with Crippen LogP contribution in [0.3, 0.4) is 0 Å². The number of non-ortho nitro benzene ring substituents is 1. The van der Waals surface area contributed by atoms with Crippen LogP contribution in [0.25, 0.3) is 0 Å². The number of aliphatic imine (C=N–C) groups is 1. The lowest BCUT2D eigenvalue weighted by atomic mass is 10.2. The minimum atomic E-state index is -0.738. The molecule has 0 radical (unpaired) electrons. The van der Waals surface area contributed by atoms with Gasteiger partial charge in [-0.15, -0.1) is 0 Å². The van der Waals surface area contributed by atoms with Crippen LogP contribution in [-0.4, -0.2) is 24.0 Å². The Morgan fingerprint density at radius 2 is 1.66 bits per heavy atom. The number of nitro groups is 1. The van der Waals surface area contributed by atoms with E-state index in [0.29, 0.717) is 22.7 Å². The van der Waals surface area contributed by atoms with Crippen LogP contribution in [-0.2, 0) is 4.74 Å². The molecular weight excluding hydrogens is 481 g/mol. The van der Waals surface area contributed by atoms with Crippen molar-refractivity contribution in [1.29, 1.82) is 0 Å². The predicted octanol–water partition coefficient (Wildman–Crippen LogP) is 6.97. The largest absolute Gasteiger partial charge is 0.480 e. The van der Waals surface area contributed by atoms with Crippen molar-refractivity contribution in [1.82, 2.24) is 0 Å². The molecule has 0 aromatic heterocycles. The number of nitrogens with zero attached hydrogens (tertiary/aromatic N) is 2. The first-order valence-electron chi connectivity index (χ1n) is 8.88. The van der Waals surface area contributed by atoms with Gasteiger partial charge in [0.1, 0.15) is 11.5 Å². The van der Waals surface area contributed by atoms with Gasteiger partial charge in [-0.2, -0.15) is 4.99 Å². The SMILES string of the molecule is CO/C(=N\C(=O)Nc1ccc(Oc2ccc([N+](=O)[O-])cc2)c(Cl)c1)c1c(Cl)cccc1Cl. The maximum Gasteiger partial charge on any atom is 0.348 e. The summed E-state index contributed by atoms with van der Waals surface area (Å²) in [7, 11) is 1.34. The molecular formula is C21H14Cl3N3O5. The Hall–Kier alpha value is -3.33. The number of ether oxygens (including phenoxy) is 2. The van der Waals surface area contributed by atoms with Crippen LogP contribution in [0.4, 0.5) is 16.2 Å². The summed E-state index contributed by atoms with van der Waals surface area (Å²) in [6.45, 7) is 0. The molecule has 3 aromatic rings. The molecule has 0 aliphatic heterocycles. The number of hydrogen-bond acceptors (Lipinski definition) is 5. The Morgan fingerprint density at radius 1 is 1.00 bits per heavy atom. The van der Waals surface area contributed by atoms with Crippen molar-refractivity contribution in [2.45, 2.75) is 0 Å². The highest BCUT2D eigenvalue weighted by molar-refractivity contribution is 6.40. The van der Waals surface area contributed by atoms with Gasteiger partial charge in [0, 0.05) is 17.8 Å². The molecule has 0 saturated heterocycles. The van der Waals surface area contributed by atoms with Crippen molar-refractivity contribution in [3.63, 3.8) is 0 Å². The maximum absolute atomic E-state index is 12.4. The molecule has 3 aromatic carbocycles. The van der Waals surface area contributed by atoms with Crippen LogP contribution in [0.5, 0.6) is 11.5 Å². The number of carbonyl (C=O) groups is 1. The van der Waals surface area contributed by atoms with Gasteiger partial charge in [-0.1, -0.05) is 40.9 Å². The lowest BCUT2D eigenvalue weighted by molar-refractivity contribution is -0.384. The summed E-state index contributed by atoms with van der Waals surface area (Å²) in [5.41, 5.74) is 0.578. The van der Waals surface area contributed by atoms with Gasteiger partial charge in [-0.3, -0.25) is 10.1 Å². The molecule has 0 saturated carbocycles. The fourth-order valence-corrected chi connectivity index (χ4v) is 3.35. The minimum absolute atomic E-state index is 0.0534. The topological polar surface area (TPSA) is 103 Å². The predicted molar refractivity (Wildman–Crippen MR) is 124 cm³/mol. The Balaban J connectivity index is 1.74. The molecule has 2 amide bonds. The average molecular weight is 495 g/mol. The van der Waals surface area contributed by atoms with Gasteiger partial charge in [-0.25, -0.2) is 4.79 Å². The second-order valence-electron chi connectivity index (χ2n) is 6.15. The van der Waals surface area contributed by atoms with E-state index in [1.54, 1.807) is 24.3 Å². The minimum Gasteiger partial charge on any atom is -0.480 e. The zero-order valence-electron chi connectivity index (χ0n) is 16.3. The number of anilines is 1. The number of nitro benzene ring substituents is 1. The van der Waals surface area contributed by atoms with E-state index in [-0.39, 0.29) is 26.7 Å². The number of hydrogen-bond donors (Lipinski definition) is 1. The van der Waals surface area contributed by atoms with Crippen LogP contribution in [0, 0.1) is 10.1 Å². The summed E-state index contributed by atoms with van der Waals surface area (Å²) in [5.74, 6) is 0.602. The number of methoxy groups -OCH3 is 1. The second kappa shape index (κ2) is 10.3. The molecule has 0 heterocycles. The fraction of sp³-hybridized carbons (Fsp3) is 0.0476. The Kier molecular flexibility index (Phi) is 7.53. The van der Waals surface area contributed by atoms with E-state index in [0.717, 1.165) is 0 Å². The Morgan fingerprint density at radius 3 is 2.22 bits per heavy atom. The van der Waals surface area contributed by atoms with Crippen molar-refractivity contribution in [3.05, 3.63) is 91.4 Å². The molecule has 0 spiro atoms. The molecule has 0 bridgehead atoms. The first-order valence-corrected chi connectivity index (χ1v) is 10.0. The number of rotatable bonds is 5. The van der Waals surface area contributed by atoms with Crippen molar-refractivity contribution < 1.29 is 19.2 Å². The smallest absolute Gasteiger partial charge is 0.348 e. The van der Waals surface area contributed by atoms with Crippen LogP contribution in [0.1, 0.15) is 5.56 Å². The van der Waals surface area contributed by atoms with Crippen molar-refractivity contribution in [2.75, 3.05) is 12.4 Å². The van der Waals surface area contributed by atoms with Gasteiger partial charge in [0.25, 0.3) is 5.69 Å². The number of amides is 2. The molecule has 0 fully saturated rings. The van der Waals surface area contributed by atoms with E-state index in [9.17, 15) is 14.9 Å². The summed E-state index contributed by atoms with van der Waals surface area (Å²) in [6, 6.07) is 14.2. The van der Waals surface area contributed by atoms with E-state index in [4.69, 9.17) is 44.3 Å². The first kappa shape index (κ1) is 23.3. The number of carbonyl (C=O) groups excluding carboxylic acids is 1. The molecule has 0 atom stereocenters. The highest BCUT2D eigenvalue weighted by atomic mass is 35.5. The van der Waals surface area contributed by atoms with E-state index in [2.05, 4.69) is 10.3 Å². The summed E-state index contributed by atoms with van der Waals surface area (Å²) < 4.78 is 10.8. The van der Waals surface area contributed by atoms with E-state index in [1.807, 2.05) is 0 Å². The molecule has 0 unspecified atom stereocenters. The Bertz CT molecular complexity index is 1180. The molecule has 8 nitrogen and oxygen atoms in total. The normalized spacial score (nSPS) is 11.1. The van der Waals surface area contributed by atoms with Crippen molar-refractivity contribution in [2.24, 2.45) is 4.99 Å². The number of urea groups is 1. The Labute approximate surface area is 197 Å². The van der Waals surface area contributed by atoms with Gasteiger partial charge in [0.15, 0.2) is 0 Å². The number of halogens is 3. The molecule has 1 N–H and O–H groups in total. The standard InChI is InChI=1S/C21H14Cl3N3O5/c1-31-20(19-15(22)3-2-4-16(19)23)26-21(28)25-12-5-10-18(17(24)11-12)32-14-8-6-13(7-9-14)27(29)30/h2-11H,1H3,(H,25,28)/b26-20-. The second-order valence-corrected chi connectivity index (χ2v) is 7.37. The third-order valence-electron chi connectivity index (χ3n) is 4.03. The van der Waals surface area contributed by atoms with Gasteiger partial charge in [-0.05, 0) is 42.5 Å². The van der Waals surface area contributed by atoms with Crippen molar-refractivity contribution >= 4 is 58.1 Å². The zero-order chi connectivity index (χ0) is 23.3. The summed E-state index contributed by atoms with van der Waals surface area (Å²) >= 11 is 18.5. The summed E-state index contributed by atoms with van der Waals surface area (Å²) in [6.07, 6.45) is 0. The maximum atomic E-state index is 12.4. The van der Waals surface area contributed by atoms with Crippen LogP contribution >= 0.6 is 34.8 Å². The first-order chi connectivity index (χ1) is 15.3. The molecule has 164 valence electrons. The van der Waals surface area contributed by atoms with Gasteiger partial charge < -0.3 is 14.8 Å². The van der Waals surface area contributed by atoms with E-state index < -0.39 is 11.0 Å². The van der Waals surface area contributed by atoms with Gasteiger partial charge in [0.2, 0.25) is 5.90 Å². The molecule has 0 aliphatic rings. The molecule has 0 aliphatic carbocycles. The molecule has 11 heteroatoms. The van der Waals surface area contributed by atoms with E-state index in [1.165, 1.54) is 43.5 Å². The van der Waals surface area contributed by atoms with Crippen LogP contribution in [0.2, 0.25) is 15.1 Å². The number of nitrogens with one attached hydrogen (secondary N) is 1. The third kappa shape index (κ3) is 5.67. The van der Waals surface area contributed by atoms with Crippen molar-refractivity contribution in [3.8, 4) is 11.5 Å². The molecule has 32 heavy (non-hydrogen) atoms. The van der Waals surface area contributed by atoms with Gasteiger partial charge >= 0.3 is 6.03 Å². The lowest BCUT2D eigenvalue weighted by Crippen LogP contribution is -2.13. The average Bonchev–Trinajstić information content (AvgIpc) is 2.75. The monoisotopic (exact) mass is 493 g/mol. The molecule has 3 rings (SSSR count). The third-order valence-corrected chi connectivity index (χ3v) is 4.96.